The van der Waals surface area contributed by atoms with Gasteiger partial charge in [-0.3, -0.25) is 14.4 Å². The van der Waals surface area contributed by atoms with Gasteiger partial charge in [-0.1, -0.05) is 37.6 Å². The molecule has 7 heteroatoms. The van der Waals surface area contributed by atoms with Gasteiger partial charge in [0.1, 0.15) is 0 Å². The van der Waals surface area contributed by atoms with Crippen LogP contribution in [0.25, 0.3) is 10.8 Å². The van der Waals surface area contributed by atoms with Crippen LogP contribution < -0.4 is 10.2 Å². The maximum Gasteiger partial charge on any atom is 0.338 e. The summed E-state index contributed by atoms with van der Waals surface area (Å²) in [6, 6.07) is 16.7. The SMILES string of the molecule is CCC[C@@H](C)NC(=O)COC(=O)c1ccc(N2C(=O)c3cccc4cccc(c34)C2=O)cc1. The van der Waals surface area contributed by atoms with Gasteiger partial charge in [0.2, 0.25) is 0 Å². The quantitative estimate of drug-likeness (QED) is 0.437. The number of imide groups is 1. The maximum atomic E-state index is 13.1. The Kier molecular flexibility index (Phi) is 6.22. The molecule has 0 aromatic heterocycles. The zero-order valence-corrected chi connectivity index (χ0v) is 18.5. The van der Waals surface area contributed by atoms with Gasteiger partial charge >= 0.3 is 5.97 Å². The molecule has 4 rings (SSSR count). The van der Waals surface area contributed by atoms with Crippen LogP contribution in [0.2, 0.25) is 0 Å². The Bertz CT molecular complexity index is 1200. The average molecular weight is 444 g/mol. The lowest BCUT2D eigenvalue weighted by molar-refractivity contribution is -0.124. The highest BCUT2D eigenvalue weighted by atomic mass is 16.5. The third-order valence-corrected chi connectivity index (χ3v) is 5.60. The second-order valence-corrected chi connectivity index (χ2v) is 8.04. The van der Waals surface area contributed by atoms with Crippen LogP contribution in [0, 0.1) is 0 Å². The summed E-state index contributed by atoms with van der Waals surface area (Å²) in [7, 11) is 0. The number of nitrogens with zero attached hydrogens (tertiary/aromatic N) is 1. The molecule has 0 radical (unpaired) electrons. The lowest BCUT2D eigenvalue weighted by Gasteiger charge is -2.27. The Balaban J connectivity index is 1.48. The van der Waals surface area contributed by atoms with E-state index >= 15 is 0 Å². The molecule has 33 heavy (non-hydrogen) atoms. The van der Waals surface area contributed by atoms with Crippen molar-refractivity contribution in [3.8, 4) is 0 Å². The first-order valence-electron chi connectivity index (χ1n) is 10.9. The summed E-state index contributed by atoms with van der Waals surface area (Å²) < 4.78 is 5.08. The summed E-state index contributed by atoms with van der Waals surface area (Å²) in [6.07, 6.45) is 1.78. The summed E-state index contributed by atoms with van der Waals surface area (Å²) >= 11 is 0. The minimum atomic E-state index is -0.661. The predicted octanol–water partition coefficient (Wildman–Crippen LogP) is 4.10. The third kappa shape index (κ3) is 4.35. The molecule has 0 bridgehead atoms. The molecule has 7 nitrogen and oxygen atoms in total. The van der Waals surface area contributed by atoms with Gasteiger partial charge in [-0.2, -0.15) is 0 Å². The number of carbonyl (C=O) groups is 4. The Morgan fingerprint density at radius 1 is 0.939 bits per heavy atom. The lowest BCUT2D eigenvalue weighted by atomic mass is 9.94. The summed E-state index contributed by atoms with van der Waals surface area (Å²) in [6.45, 7) is 3.54. The van der Waals surface area contributed by atoms with E-state index in [1.807, 2.05) is 26.0 Å². The lowest BCUT2D eigenvalue weighted by Crippen LogP contribution is -2.40. The van der Waals surface area contributed by atoms with Gasteiger partial charge in [0.15, 0.2) is 6.61 Å². The Morgan fingerprint density at radius 3 is 2.12 bits per heavy atom. The van der Waals surface area contributed by atoms with Crippen LogP contribution in [0.3, 0.4) is 0 Å². The molecule has 3 aromatic rings. The van der Waals surface area contributed by atoms with Crippen LogP contribution in [-0.4, -0.2) is 36.3 Å². The molecule has 0 saturated carbocycles. The van der Waals surface area contributed by atoms with E-state index in [1.165, 1.54) is 24.3 Å². The number of anilines is 1. The highest BCUT2D eigenvalue weighted by molar-refractivity contribution is 6.35. The van der Waals surface area contributed by atoms with Gasteiger partial charge in [-0.05, 0) is 55.1 Å². The van der Waals surface area contributed by atoms with E-state index in [2.05, 4.69) is 5.32 Å². The van der Waals surface area contributed by atoms with E-state index in [0.29, 0.717) is 22.2 Å². The summed E-state index contributed by atoms with van der Waals surface area (Å²) in [5.41, 5.74) is 1.47. The predicted molar refractivity (Wildman–Crippen MR) is 124 cm³/mol. The van der Waals surface area contributed by atoms with E-state index in [4.69, 9.17) is 4.74 Å². The van der Waals surface area contributed by atoms with Crippen LogP contribution in [0.1, 0.15) is 57.8 Å². The first-order chi connectivity index (χ1) is 15.9. The molecule has 168 valence electrons. The minimum Gasteiger partial charge on any atom is -0.452 e. The normalized spacial score (nSPS) is 13.7. The highest BCUT2D eigenvalue weighted by Crippen LogP contribution is 2.32. The number of esters is 1. The van der Waals surface area contributed by atoms with Crippen molar-refractivity contribution in [3.63, 3.8) is 0 Å². The second kappa shape index (κ2) is 9.24. The number of hydrogen-bond acceptors (Lipinski definition) is 5. The Labute approximate surface area is 191 Å². The van der Waals surface area contributed by atoms with Crippen molar-refractivity contribution in [3.05, 3.63) is 77.4 Å². The fraction of sp³-hybridized carbons (Fsp3) is 0.231. The van der Waals surface area contributed by atoms with Gasteiger partial charge in [0, 0.05) is 22.6 Å². The topological polar surface area (TPSA) is 92.8 Å². The summed E-state index contributed by atoms with van der Waals surface area (Å²) in [5.74, 6) is -1.86. The van der Waals surface area contributed by atoms with Crippen molar-refractivity contribution in [2.24, 2.45) is 0 Å². The van der Waals surface area contributed by atoms with Gasteiger partial charge < -0.3 is 10.1 Å². The molecule has 0 spiro atoms. The maximum absolute atomic E-state index is 13.1. The summed E-state index contributed by atoms with van der Waals surface area (Å²) in [4.78, 5) is 51.6. The van der Waals surface area contributed by atoms with Crippen LogP contribution in [0.15, 0.2) is 60.7 Å². The van der Waals surface area contributed by atoms with Crippen molar-refractivity contribution in [1.82, 2.24) is 5.32 Å². The summed E-state index contributed by atoms with van der Waals surface area (Å²) in [5, 5.41) is 4.25. The molecule has 0 unspecified atom stereocenters. The smallest absolute Gasteiger partial charge is 0.338 e. The van der Waals surface area contributed by atoms with Crippen LogP contribution in [-0.2, 0) is 9.53 Å². The molecular weight excluding hydrogens is 420 g/mol. The van der Waals surface area contributed by atoms with E-state index in [0.717, 1.165) is 23.1 Å². The molecule has 3 aromatic carbocycles. The first-order valence-corrected chi connectivity index (χ1v) is 10.9. The zero-order valence-electron chi connectivity index (χ0n) is 18.5. The Hall–Kier alpha value is -4.00. The van der Waals surface area contributed by atoms with Crippen molar-refractivity contribution < 1.29 is 23.9 Å². The zero-order chi connectivity index (χ0) is 23.5. The van der Waals surface area contributed by atoms with Gasteiger partial charge in [-0.25, -0.2) is 9.69 Å². The molecule has 0 aliphatic carbocycles. The Morgan fingerprint density at radius 2 is 1.55 bits per heavy atom. The van der Waals surface area contributed by atoms with E-state index < -0.39 is 17.8 Å². The molecule has 3 amide bonds. The largest absolute Gasteiger partial charge is 0.452 e. The molecule has 0 fully saturated rings. The van der Waals surface area contributed by atoms with Crippen molar-refractivity contribution >= 4 is 40.2 Å². The standard InChI is InChI=1S/C26H24N2O5/c1-3-6-16(2)27-22(29)15-33-26(32)18-11-13-19(14-12-18)28-24(30)20-9-4-7-17-8-5-10-21(23(17)20)25(28)31/h4-5,7-14,16H,3,6,15H2,1-2H3,(H,27,29)/t16-/m1/s1. The van der Waals surface area contributed by atoms with E-state index in [-0.39, 0.29) is 24.1 Å². The first kappa shape index (κ1) is 22.2. The highest BCUT2D eigenvalue weighted by Gasteiger charge is 2.33. The fourth-order valence-corrected chi connectivity index (χ4v) is 4.05. The second-order valence-electron chi connectivity index (χ2n) is 8.04. The number of carbonyl (C=O) groups excluding carboxylic acids is 4. The molecule has 1 heterocycles. The third-order valence-electron chi connectivity index (χ3n) is 5.60. The van der Waals surface area contributed by atoms with Crippen molar-refractivity contribution in [2.75, 3.05) is 11.5 Å². The molecule has 1 N–H and O–H groups in total. The van der Waals surface area contributed by atoms with Crippen molar-refractivity contribution in [1.29, 1.82) is 0 Å². The number of amides is 3. The molecule has 1 aliphatic heterocycles. The van der Waals surface area contributed by atoms with E-state index in [9.17, 15) is 19.2 Å². The molecular formula is C26H24N2O5. The van der Waals surface area contributed by atoms with Crippen LogP contribution in [0.5, 0.6) is 0 Å². The number of rotatable bonds is 7. The average Bonchev–Trinajstić information content (AvgIpc) is 2.81. The van der Waals surface area contributed by atoms with E-state index in [1.54, 1.807) is 24.3 Å². The molecule has 1 aliphatic rings. The van der Waals surface area contributed by atoms with Crippen molar-refractivity contribution in [2.45, 2.75) is 32.7 Å². The number of hydrogen-bond donors (Lipinski definition) is 1. The molecule has 0 saturated heterocycles. The monoisotopic (exact) mass is 444 g/mol. The van der Waals surface area contributed by atoms with Gasteiger partial charge in [0.25, 0.3) is 17.7 Å². The van der Waals surface area contributed by atoms with Crippen LogP contribution >= 0.6 is 0 Å². The number of ether oxygens (including phenoxy) is 1. The van der Waals surface area contributed by atoms with Crippen LogP contribution in [0.4, 0.5) is 5.69 Å². The fourth-order valence-electron chi connectivity index (χ4n) is 4.05. The van der Waals surface area contributed by atoms with Gasteiger partial charge in [0.05, 0.1) is 11.3 Å². The molecule has 1 atom stereocenters. The minimum absolute atomic E-state index is 0.0103. The van der Waals surface area contributed by atoms with Gasteiger partial charge in [-0.15, -0.1) is 0 Å². The number of nitrogens with one attached hydrogen (secondary N) is 1. The number of benzene rings is 3.